The van der Waals surface area contributed by atoms with Crippen molar-refractivity contribution >= 4 is 5.97 Å². The smallest absolute Gasteiger partial charge is 0.354 e. The SMILES string of the molecule is COC(=O)c1cc(CNCCC(C)O)c[nH]1. The number of hydrogen-bond acceptors (Lipinski definition) is 4. The summed E-state index contributed by atoms with van der Waals surface area (Å²) in [6.07, 6.45) is 2.19. The molecule has 0 saturated heterocycles. The first-order chi connectivity index (χ1) is 7.63. The molecule has 0 amide bonds. The molecule has 0 spiro atoms. The number of aliphatic hydroxyl groups excluding tert-OH is 1. The molecule has 0 aromatic carbocycles. The molecule has 90 valence electrons. The summed E-state index contributed by atoms with van der Waals surface area (Å²) in [5, 5.41) is 12.2. The Labute approximate surface area is 94.8 Å². The van der Waals surface area contributed by atoms with Crippen molar-refractivity contribution in [3.05, 3.63) is 23.5 Å². The van der Waals surface area contributed by atoms with Gasteiger partial charge in [0.2, 0.25) is 0 Å². The number of nitrogens with one attached hydrogen (secondary N) is 2. The predicted molar refractivity (Wildman–Crippen MR) is 60.1 cm³/mol. The maximum atomic E-state index is 11.1. The van der Waals surface area contributed by atoms with Gasteiger partial charge in [0.15, 0.2) is 0 Å². The quantitative estimate of drug-likeness (QED) is 0.492. The largest absolute Gasteiger partial charge is 0.464 e. The first kappa shape index (κ1) is 12.7. The van der Waals surface area contributed by atoms with E-state index in [-0.39, 0.29) is 12.1 Å². The summed E-state index contributed by atoms with van der Waals surface area (Å²) in [5.41, 5.74) is 1.45. The molecule has 1 atom stereocenters. The Morgan fingerprint density at radius 2 is 2.44 bits per heavy atom. The number of esters is 1. The number of carbonyl (C=O) groups excluding carboxylic acids is 1. The zero-order chi connectivity index (χ0) is 12.0. The maximum absolute atomic E-state index is 11.1. The summed E-state index contributed by atoms with van der Waals surface area (Å²) < 4.78 is 4.58. The van der Waals surface area contributed by atoms with E-state index in [1.807, 2.05) is 0 Å². The van der Waals surface area contributed by atoms with Gasteiger partial charge in [0.25, 0.3) is 0 Å². The third kappa shape index (κ3) is 4.04. The van der Waals surface area contributed by atoms with Crippen LogP contribution in [0, 0.1) is 0 Å². The van der Waals surface area contributed by atoms with Crippen LogP contribution in [-0.2, 0) is 11.3 Å². The number of rotatable bonds is 6. The average Bonchev–Trinajstić information content (AvgIpc) is 2.71. The number of aromatic nitrogens is 1. The van der Waals surface area contributed by atoms with Crippen LogP contribution in [0.4, 0.5) is 0 Å². The summed E-state index contributed by atoms with van der Waals surface area (Å²) in [6, 6.07) is 1.75. The third-order valence-electron chi connectivity index (χ3n) is 2.22. The molecule has 0 aliphatic rings. The molecule has 0 radical (unpaired) electrons. The van der Waals surface area contributed by atoms with Gasteiger partial charge in [0.05, 0.1) is 13.2 Å². The van der Waals surface area contributed by atoms with Crippen molar-refractivity contribution in [3.8, 4) is 0 Å². The molecule has 0 fully saturated rings. The van der Waals surface area contributed by atoms with Crippen LogP contribution < -0.4 is 5.32 Å². The zero-order valence-electron chi connectivity index (χ0n) is 9.62. The molecule has 0 saturated carbocycles. The van der Waals surface area contributed by atoms with E-state index in [4.69, 9.17) is 5.11 Å². The number of aliphatic hydroxyl groups is 1. The Balaban J connectivity index is 2.32. The second-order valence-corrected chi connectivity index (χ2v) is 3.73. The van der Waals surface area contributed by atoms with Crippen molar-refractivity contribution in [1.82, 2.24) is 10.3 Å². The standard InChI is InChI=1S/C11H18N2O3/c1-8(14)3-4-12-6-9-5-10(13-7-9)11(15)16-2/h5,7-8,12-14H,3-4,6H2,1-2H3. The second kappa shape index (κ2) is 6.30. The van der Waals surface area contributed by atoms with Gasteiger partial charge in [-0.15, -0.1) is 0 Å². The number of ether oxygens (including phenoxy) is 1. The van der Waals surface area contributed by atoms with E-state index >= 15 is 0 Å². The highest BCUT2D eigenvalue weighted by Crippen LogP contribution is 2.04. The summed E-state index contributed by atoms with van der Waals surface area (Å²) in [5.74, 6) is -0.366. The summed E-state index contributed by atoms with van der Waals surface area (Å²) in [4.78, 5) is 14.0. The molecular weight excluding hydrogens is 208 g/mol. The molecule has 0 aliphatic carbocycles. The van der Waals surface area contributed by atoms with E-state index in [1.165, 1.54) is 7.11 Å². The van der Waals surface area contributed by atoms with Gasteiger partial charge < -0.3 is 20.1 Å². The number of hydrogen-bond donors (Lipinski definition) is 3. The molecule has 3 N–H and O–H groups in total. The van der Waals surface area contributed by atoms with Crippen molar-refractivity contribution in [3.63, 3.8) is 0 Å². The van der Waals surface area contributed by atoms with Crippen molar-refractivity contribution in [2.24, 2.45) is 0 Å². The minimum absolute atomic E-state index is 0.288. The van der Waals surface area contributed by atoms with Gasteiger partial charge in [0.1, 0.15) is 5.69 Å². The van der Waals surface area contributed by atoms with Crippen LogP contribution in [0.15, 0.2) is 12.3 Å². The van der Waals surface area contributed by atoms with Gasteiger partial charge in [-0.05, 0) is 31.5 Å². The van der Waals surface area contributed by atoms with Crippen LogP contribution >= 0.6 is 0 Å². The highest BCUT2D eigenvalue weighted by Gasteiger charge is 2.07. The minimum Gasteiger partial charge on any atom is -0.464 e. The molecule has 1 aromatic rings. The highest BCUT2D eigenvalue weighted by molar-refractivity contribution is 5.87. The van der Waals surface area contributed by atoms with E-state index in [1.54, 1.807) is 19.2 Å². The lowest BCUT2D eigenvalue weighted by atomic mass is 10.2. The topological polar surface area (TPSA) is 74.3 Å². The molecule has 1 rings (SSSR count). The Bertz CT molecular complexity index is 334. The molecule has 1 heterocycles. The predicted octanol–water partition coefficient (Wildman–Crippen LogP) is 0.662. The fraction of sp³-hybridized carbons (Fsp3) is 0.545. The van der Waals surface area contributed by atoms with Gasteiger partial charge in [-0.1, -0.05) is 0 Å². The Kier molecular flexibility index (Phi) is 5.01. The van der Waals surface area contributed by atoms with Gasteiger partial charge >= 0.3 is 5.97 Å². The van der Waals surface area contributed by atoms with E-state index in [0.717, 1.165) is 12.1 Å². The molecule has 5 heteroatoms. The van der Waals surface area contributed by atoms with Gasteiger partial charge in [-0.2, -0.15) is 0 Å². The monoisotopic (exact) mass is 226 g/mol. The lowest BCUT2D eigenvalue weighted by molar-refractivity contribution is 0.0595. The van der Waals surface area contributed by atoms with Crippen molar-refractivity contribution in [1.29, 1.82) is 0 Å². The van der Waals surface area contributed by atoms with Crippen LogP contribution in [0.1, 0.15) is 29.4 Å². The van der Waals surface area contributed by atoms with Gasteiger partial charge in [-0.25, -0.2) is 4.79 Å². The van der Waals surface area contributed by atoms with Crippen LogP contribution in [0.5, 0.6) is 0 Å². The first-order valence-electron chi connectivity index (χ1n) is 5.28. The van der Waals surface area contributed by atoms with Crippen molar-refractivity contribution in [2.75, 3.05) is 13.7 Å². The molecule has 0 bridgehead atoms. The minimum atomic E-state index is -0.366. The van der Waals surface area contributed by atoms with Crippen LogP contribution in [0.3, 0.4) is 0 Å². The molecule has 0 aliphatic heterocycles. The molecule has 1 unspecified atom stereocenters. The Morgan fingerprint density at radius 3 is 3.06 bits per heavy atom. The van der Waals surface area contributed by atoms with Gasteiger partial charge in [-0.3, -0.25) is 0 Å². The number of methoxy groups -OCH3 is 1. The second-order valence-electron chi connectivity index (χ2n) is 3.73. The summed E-state index contributed by atoms with van der Waals surface area (Å²) >= 11 is 0. The summed E-state index contributed by atoms with van der Waals surface area (Å²) in [7, 11) is 1.35. The van der Waals surface area contributed by atoms with E-state index in [0.29, 0.717) is 18.7 Å². The molecule has 5 nitrogen and oxygen atoms in total. The lowest BCUT2D eigenvalue weighted by Gasteiger charge is -2.04. The van der Waals surface area contributed by atoms with Crippen molar-refractivity contribution < 1.29 is 14.6 Å². The van der Waals surface area contributed by atoms with Crippen LogP contribution in [0.25, 0.3) is 0 Å². The lowest BCUT2D eigenvalue weighted by Crippen LogP contribution is -2.18. The molecule has 16 heavy (non-hydrogen) atoms. The van der Waals surface area contributed by atoms with Crippen molar-refractivity contribution in [2.45, 2.75) is 26.0 Å². The Hall–Kier alpha value is -1.33. The van der Waals surface area contributed by atoms with E-state index in [9.17, 15) is 4.79 Å². The van der Waals surface area contributed by atoms with Crippen LogP contribution in [0.2, 0.25) is 0 Å². The highest BCUT2D eigenvalue weighted by atomic mass is 16.5. The van der Waals surface area contributed by atoms with E-state index < -0.39 is 0 Å². The summed E-state index contributed by atoms with van der Waals surface area (Å²) in [6.45, 7) is 3.17. The average molecular weight is 226 g/mol. The number of aromatic amines is 1. The van der Waals surface area contributed by atoms with Crippen LogP contribution in [-0.4, -0.2) is 35.8 Å². The number of H-pyrrole nitrogens is 1. The third-order valence-corrected chi connectivity index (χ3v) is 2.22. The molecular formula is C11H18N2O3. The Morgan fingerprint density at radius 1 is 1.69 bits per heavy atom. The fourth-order valence-corrected chi connectivity index (χ4v) is 1.31. The van der Waals surface area contributed by atoms with Gasteiger partial charge in [0, 0.05) is 12.7 Å². The first-order valence-corrected chi connectivity index (χ1v) is 5.28. The maximum Gasteiger partial charge on any atom is 0.354 e. The number of carbonyl (C=O) groups is 1. The zero-order valence-corrected chi connectivity index (χ0v) is 9.62. The normalized spacial score (nSPS) is 12.4. The molecule has 1 aromatic heterocycles. The van der Waals surface area contributed by atoms with E-state index in [2.05, 4.69) is 15.0 Å². The fourth-order valence-electron chi connectivity index (χ4n) is 1.31.